The van der Waals surface area contributed by atoms with Crippen LogP contribution in [0.3, 0.4) is 0 Å². The highest BCUT2D eigenvalue weighted by Gasteiger charge is 2.22. The number of piperidine rings is 1. The number of aromatic nitrogens is 4. The summed E-state index contributed by atoms with van der Waals surface area (Å²) in [5.74, 6) is 1.25. The minimum absolute atomic E-state index is 0.130. The molecule has 3 aromatic rings. The molecule has 0 spiro atoms. The lowest BCUT2D eigenvalue weighted by atomic mass is 9.97. The van der Waals surface area contributed by atoms with Gasteiger partial charge in [-0.2, -0.15) is 10.1 Å². The molecule has 3 heterocycles. The van der Waals surface area contributed by atoms with Gasteiger partial charge in [-0.05, 0) is 49.1 Å². The first-order valence-corrected chi connectivity index (χ1v) is 9.58. The van der Waals surface area contributed by atoms with Crippen molar-refractivity contribution in [2.75, 3.05) is 25.1 Å². The topological polar surface area (TPSA) is 73.1 Å². The fraction of sp³-hybridized carbons (Fsp3) is 0.333. The second-order valence-corrected chi connectivity index (χ2v) is 7.08. The van der Waals surface area contributed by atoms with E-state index in [0.29, 0.717) is 30.0 Å². The van der Waals surface area contributed by atoms with Gasteiger partial charge in [0.25, 0.3) is 5.56 Å². The highest BCUT2D eigenvalue weighted by Crippen LogP contribution is 2.23. The fourth-order valence-electron chi connectivity index (χ4n) is 3.51. The van der Waals surface area contributed by atoms with E-state index in [0.717, 1.165) is 31.5 Å². The van der Waals surface area contributed by atoms with Crippen LogP contribution in [0.4, 0.5) is 10.3 Å². The van der Waals surface area contributed by atoms with Crippen molar-refractivity contribution >= 4 is 5.95 Å². The standard InChI is InChI=1S/C21H22FN5O2/c1-29-19-8-11-23-21(24-19)26-12-9-15(10-13-26)14-27-20(28)7-6-18(25-27)16-2-4-17(22)5-3-16/h2-8,11,15H,9-10,12-14H2,1H3. The molecule has 1 aliphatic heterocycles. The number of benzene rings is 1. The second kappa shape index (κ2) is 8.38. The summed E-state index contributed by atoms with van der Waals surface area (Å²) in [4.78, 5) is 23.1. The largest absolute Gasteiger partial charge is 0.481 e. The monoisotopic (exact) mass is 395 g/mol. The number of ether oxygens (including phenoxy) is 1. The molecule has 0 radical (unpaired) electrons. The van der Waals surface area contributed by atoms with Crippen LogP contribution in [-0.4, -0.2) is 39.9 Å². The zero-order valence-corrected chi connectivity index (χ0v) is 16.2. The first-order chi connectivity index (χ1) is 14.1. The molecular formula is C21H22FN5O2. The number of hydrogen-bond donors (Lipinski definition) is 0. The lowest BCUT2D eigenvalue weighted by Gasteiger charge is -2.32. The molecule has 0 atom stereocenters. The molecule has 1 aliphatic rings. The van der Waals surface area contributed by atoms with E-state index < -0.39 is 0 Å². The zero-order chi connectivity index (χ0) is 20.2. The number of methoxy groups -OCH3 is 1. The zero-order valence-electron chi connectivity index (χ0n) is 16.2. The highest BCUT2D eigenvalue weighted by atomic mass is 19.1. The van der Waals surface area contributed by atoms with Crippen molar-refractivity contribution < 1.29 is 9.13 Å². The van der Waals surface area contributed by atoms with Crippen LogP contribution < -0.4 is 15.2 Å². The third kappa shape index (κ3) is 4.42. The first kappa shape index (κ1) is 19.0. The molecule has 0 aliphatic carbocycles. The van der Waals surface area contributed by atoms with Gasteiger partial charge in [0.05, 0.1) is 12.8 Å². The molecule has 1 fully saturated rings. The van der Waals surface area contributed by atoms with E-state index in [9.17, 15) is 9.18 Å². The normalized spacial score (nSPS) is 14.8. The predicted molar refractivity (Wildman–Crippen MR) is 107 cm³/mol. The number of nitrogens with zero attached hydrogens (tertiary/aromatic N) is 5. The van der Waals surface area contributed by atoms with Crippen molar-refractivity contribution in [3.8, 4) is 17.1 Å². The van der Waals surface area contributed by atoms with Crippen LogP contribution in [0.5, 0.6) is 5.88 Å². The van der Waals surface area contributed by atoms with E-state index in [1.165, 1.54) is 22.9 Å². The molecule has 29 heavy (non-hydrogen) atoms. The molecule has 4 rings (SSSR count). The third-order valence-electron chi connectivity index (χ3n) is 5.16. The minimum Gasteiger partial charge on any atom is -0.481 e. The molecule has 1 saturated heterocycles. The van der Waals surface area contributed by atoms with Crippen molar-refractivity contribution in [3.05, 3.63) is 64.8 Å². The third-order valence-corrected chi connectivity index (χ3v) is 5.16. The van der Waals surface area contributed by atoms with Crippen LogP contribution in [0.25, 0.3) is 11.3 Å². The second-order valence-electron chi connectivity index (χ2n) is 7.08. The van der Waals surface area contributed by atoms with Gasteiger partial charge in [0.1, 0.15) is 5.82 Å². The average molecular weight is 395 g/mol. The predicted octanol–water partition coefficient (Wildman–Crippen LogP) is 2.76. The maximum absolute atomic E-state index is 13.2. The number of rotatable bonds is 5. The Bertz CT molecular complexity index is 1030. The molecular weight excluding hydrogens is 373 g/mol. The van der Waals surface area contributed by atoms with Crippen LogP contribution in [0.15, 0.2) is 53.5 Å². The molecule has 0 amide bonds. The maximum atomic E-state index is 13.2. The summed E-state index contributed by atoms with van der Waals surface area (Å²) in [6, 6.07) is 11.0. The summed E-state index contributed by atoms with van der Waals surface area (Å²) in [5.41, 5.74) is 1.31. The Balaban J connectivity index is 1.43. The molecule has 0 saturated carbocycles. The number of anilines is 1. The van der Waals surface area contributed by atoms with E-state index in [2.05, 4.69) is 20.0 Å². The Kier molecular flexibility index (Phi) is 5.50. The molecule has 1 aromatic carbocycles. The molecule has 0 N–H and O–H groups in total. The maximum Gasteiger partial charge on any atom is 0.266 e. The van der Waals surface area contributed by atoms with E-state index in [1.54, 1.807) is 37.6 Å². The first-order valence-electron chi connectivity index (χ1n) is 9.58. The van der Waals surface area contributed by atoms with Gasteiger partial charge >= 0.3 is 0 Å². The fourth-order valence-corrected chi connectivity index (χ4v) is 3.51. The van der Waals surface area contributed by atoms with Gasteiger partial charge in [-0.25, -0.2) is 14.1 Å². The summed E-state index contributed by atoms with van der Waals surface area (Å²) in [7, 11) is 1.59. The van der Waals surface area contributed by atoms with Gasteiger partial charge in [-0.3, -0.25) is 4.79 Å². The Hall–Kier alpha value is -3.29. The van der Waals surface area contributed by atoms with Gasteiger partial charge < -0.3 is 9.64 Å². The molecule has 150 valence electrons. The van der Waals surface area contributed by atoms with Crippen molar-refractivity contribution in [2.45, 2.75) is 19.4 Å². The van der Waals surface area contributed by atoms with E-state index >= 15 is 0 Å². The average Bonchev–Trinajstić information content (AvgIpc) is 2.76. The lowest BCUT2D eigenvalue weighted by molar-refractivity contribution is 0.333. The number of hydrogen-bond acceptors (Lipinski definition) is 6. The Labute approximate surface area is 167 Å². The van der Waals surface area contributed by atoms with Crippen LogP contribution in [-0.2, 0) is 6.54 Å². The molecule has 8 heteroatoms. The molecule has 0 unspecified atom stereocenters. The summed E-state index contributed by atoms with van der Waals surface area (Å²) in [5, 5.41) is 4.49. The Morgan fingerprint density at radius 3 is 2.59 bits per heavy atom. The van der Waals surface area contributed by atoms with E-state index in [4.69, 9.17) is 4.74 Å². The van der Waals surface area contributed by atoms with Crippen LogP contribution >= 0.6 is 0 Å². The van der Waals surface area contributed by atoms with E-state index in [-0.39, 0.29) is 11.4 Å². The summed E-state index contributed by atoms with van der Waals surface area (Å²) >= 11 is 0. The van der Waals surface area contributed by atoms with Gasteiger partial charge in [0.2, 0.25) is 11.8 Å². The van der Waals surface area contributed by atoms with Crippen molar-refractivity contribution in [1.82, 2.24) is 19.7 Å². The van der Waals surface area contributed by atoms with Crippen LogP contribution in [0.1, 0.15) is 12.8 Å². The van der Waals surface area contributed by atoms with Gasteiger partial charge in [-0.15, -0.1) is 0 Å². The Morgan fingerprint density at radius 1 is 1.10 bits per heavy atom. The number of halogens is 1. The Morgan fingerprint density at radius 2 is 1.86 bits per heavy atom. The summed E-state index contributed by atoms with van der Waals surface area (Å²) < 4.78 is 19.8. The van der Waals surface area contributed by atoms with Gasteiger partial charge in [-0.1, -0.05) is 0 Å². The highest BCUT2D eigenvalue weighted by molar-refractivity contribution is 5.57. The quantitative estimate of drug-likeness (QED) is 0.661. The van der Waals surface area contributed by atoms with Crippen LogP contribution in [0.2, 0.25) is 0 Å². The van der Waals surface area contributed by atoms with Crippen molar-refractivity contribution in [2.24, 2.45) is 5.92 Å². The van der Waals surface area contributed by atoms with E-state index in [1.807, 2.05) is 0 Å². The van der Waals surface area contributed by atoms with Gasteiger partial charge in [0.15, 0.2) is 0 Å². The smallest absolute Gasteiger partial charge is 0.266 e. The summed E-state index contributed by atoms with van der Waals surface area (Å²) in [6.07, 6.45) is 3.52. The minimum atomic E-state index is -0.297. The van der Waals surface area contributed by atoms with Crippen LogP contribution in [0, 0.1) is 11.7 Å². The van der Waals surface area contributed by atoms with Crippen molar-refractivity contribution in [3.63, 3.8) is 0 Å². The molecule has 7 nitrogen and oxygen atoms in total. The van der Waals surface area contributed by atoms with Crippen molar-refractivity contribution in [1.29, 1.82) is 0 Å². The van der Waals surface area contributed by atoms with Gasteiger partial charge in [0, 0.05) is 43.5 Å². The summed E-state index contributed by atoms with van der Waals surface area (Å²) in [6.45, 7) is 2.18. The molecule has 0 bridgehead atoms. The molecule has 2 aromatic heterocycles. The lowest BCUT2D eigenvalue weighted by Crippen LogP contribution is -2.37. The SMILES string of the molecule is COc1ccnc(N2CCC(Cn3nc(-c4ccc(F)cc4)ccc3=O)CC2)n1.